The van der Waals surface area contributed by atoms with E-state index in [0.717, 1.165) is 0 Å². The first-order chi connectivity index (χ1) is 4.45. The summed E-state index contributed by atoms with van der Waals surface area (Å²) < 4.78 is 0. The van der Waals surface area contributed by atoms with E-state index in [1.54, 1.807) is 20.9 Å². The molecule has 0 aliphatic rings. The van der Waals surface area contributed by atoms with Gasteiger partial charge in [-0.15, -0.1) is 0 Å². The molecular formula is C6H16N2O2. The fraction of sp³-hybridized carbons (Fsp3) is 1.00. The fourth-order valence-corrected chi connectivity index (χ4v) is 0.604. The quantitative estimate of drug-likeness (QED) is 0.372. The van der Waals surface area contributed by atoms with Crippen molar-refractivity contribution in [3.63, 3.8) is 0 Å². The molecule has 3 unspecified atom stereocenters. The molecule has 5 N–H and O–H groups in total. The summed E-state index contributed by atoms with van der Waals surface area (Å²) in [6.07, 6.45) is -1.74. The van der Waals surface area contributed by atoms with Gasteiger partial charge in [-0.2, -0.15) is 0 Å². The summed E-state index contributed by atoms with van der Waals surface area (Å²) in [7, 11) is 1.64. The Morgan fingerprint density at radius 3 is 1.90 bits per heavy atom. The van der Waals surface area contributed by atoms with E-state index in [2.05, 4.69) is 5.32 Å². The number of hydrogen-bond acceptors (Lipinski definition) is 4. The maximum atomic E-state index is 9.14. The number of hydrogen-bond donors (Lipinski definition) is 4. The number of likely N-dealkylation sites (N-methyl/N-ethyl adjacent to an activating group) is 1. The van der Waals surface area contributed by atoms with E-state index in [1.165, 1.54) is 0 Å². The lowest BCUT2D eigenvalue weighted by Gasteiger charge is -2.34. The lowest BCUT2D eigenvalue weighted by molar-refractivity contribution is -0.00669. The van der Waals surface area contributed by atoms with Gasteiger partial charge in [0.2, 0.25) is 0 Å². The van der Waals surface area contributed by atoms with Crippen LogP contribution in [0.4, 0.5) is 0 Å². The molecule has 10 heavy (non-hydrogen) atoms. The maximum Gasteiger partial charge on any atom is 0.123 e. The third kappa shape index (κ3) is 1.67. The average molecular weight is 148 g/mol. The smallest absolute Gasteiger partial charge is 0.123 e. The van der Waals surface area contributed by atoms with Gasteiger partial charge in [-0.3, -0.25) is 0 Å². The molecule has 0 aromatic carbocycles. The summed E-state index contributed by atoms with van der Waals surface area (Å²) in [5.41, 5.74) is 4.40. The van der Waals surface area contributed by atoms with E-state index in [4.69, 9.17) is 15.9 Å². The Hall–Kier alpha value is -0.160. The molecule has 0 aliphatic carbocycles. The highest BCUT2D eigenvalue weighted by Crippen LogP contribution is 2.10. The van der Waals surface area contributed by atoms with E-state index in [1.807, 2.05) is 0 Å². The monoisotopic (exact) mass is 148 g/mol. The van der Waals surface area contributed by atoms with Crippen molar-refractivity contribution in [3.05, 3.63) is 0 Å². The van der Waals surface area contributed by atoms with Crippen molar-refractivity contribution in [2.45, 2.75) is 31.7 Å². The first kappa shape index (κ1) is 9.84. The van der Waals surface area contributed by atoms with Crippen molar-refractivity contribution in [2.75, 3.05) is 7.05 Å². The standard InChI is InChI=1S/C6H16N2O2/c1-4(9)6(2,8-3)5(7)10/h4-5,8-10H,7H2,1-3H3. The first-order valence-electron chi connectivity index (χ1n) is 3.25. The predicted molar refractivity (Wildman–Crippen MR) is 39.3 cm³/mol. The minimum Gasteiger partial charge on any atom is -0.391 e. The summed E-state index contributed by atoms with van der Waals surface area (Å²) in [5, 5.41) is 20.9. The first-order valence-corrected chi connectivity index (χ1v) is 3.25. The molecule has 3 atom stereocenters. The molecule has 0 heterocycles. The number of aliphatic hydroxyl groups excluding tert-OH is 2. The third-order valence-electron chi connectivity index (χ3n) is 2.02. The Bertz CT molecular complexity index is 95.9. The molecule has 0 radical (unpaired) electrons. The van der Waals surface area contributed by atoms with Crippen LogP contribution in [0.3, 0.4) is 0 Å². The fourth-order valence-electron chi connectivity index (χ4n) is 0.604. The Morgan fingerprint density at radius 2 is 1.90 bits per heavy atom. The normalized spacial score (nSPS) is 23.4. The lowest BCUT2D eigenvalue weighted by atomic mass is 9.94. The molecule has 0 rings (SSSR count). The van der Waals surface area contributed by atoms with Gasteiger partial charge in [-0.05, 0) is 20.9 Å². The van der Waals surface area contributed by atoms with Crippen LogP contribution in [-0.4, -0.2) is 35.1 Å². The van der Waals surface area contributed by atoms with E-state index in [0.29, 0.717) is 0 Å². The van der Waals surface area contributed by atoms with Crippen molar-refractivity contribution in [1.29, 1.82) is 0 Å². The second-order valence-corrected chi connectivity index (χ2v) is 2.65. The van der Waals surface area contributed by atoms with Gasteiger partial charge >= 0.3 is 0 Å². The van der Waals surface area contributed by atoms with Gasteiger partial charge < -0.3 is 21.3 Å². The number of nitrogens with one attached hydrogen (secondary N) is 1. The van der Waals surface area contributed by atoms with Crippen LogP contribution in [0.5, 0.6) is 0 Å². The Balaban J connectivity index is 4.23. The second kappa shape index (κ2) is 3.30. The highest BCUT2D eigenvalue weighted by molar-refractivity contribution is 4.90. The zero-order valence-electron chi connectivity index (χ0n) is 6.63. The molecule has 0 amide bonds. The Labute approximate surface area is 61.0 Å². The predicted octanol–water partition coefficient (Wildman–Crippen LogP) is -1.38. The molecule has 0 saturated carbocycles. The van der Waals surface area contributed by atoms with Crippen molar-refractivity contribution in [2.24, 2.45) is 5.73 Å². The molecule has 0 aromatic heterocycles. The van der Waals surface area contributed by atoms with Crippen LogP contribution in [0.1, 0.15) is 13.8 Å². The summed E-state index contributed by atoms with van der Waals surface area (Å²) in [4.78, 5) is 0. The van der Waals surface area contributed by atoms with Gasteiger partial charge in [0.25, 0.3) is 0 Å². The van der Waals surface area contributed by atoms with Crippen LogP contribution in [0.2, 0.25) is 0 Å². The Morgan fingerprint density at radius 1 is 1.50 bits per heavy atom. The zero-order valence-corrected chi connectivity index (χ0v) is 6.63. The van der Waals surface area contributed by atoms with E-state index in [9.17, 15) is 0 Å². The van der Waals surface area contributed by atoms with Gasteiger partial charge in [0.05, 0.1) is 11.6 Å². The summed E-state index contributed by atoms with van der Waals surface area (Å²) >= 11 is 0. The maximum absolute atomic E-state index is 9.14. The Kier molecular flexibility index (Phi) is 3.24. The average Bonchev–Trinajstić information content (AvgIpc) is 1.85. The molecule has 0 bridgehead atoms. The van der Waals surface area contributed by atoms with Crippen LogP contribution < -0.4 is 11.1 Å². The van der Waals surface area contributed by atoms with E-state index >= 15 is 0 Å². The van der Waals surface area contributed by atoms with Crippen LogP contribution in [0.25, 0.3) is 0 Å². The minimum absolute atomic E-state index is 0.683. The second-order valence-electron chi connectivity index (χ2n) is 2.65. The van der Waals surface area contributed by atoms with Crippen molar-refractivity contribution < 1.29 is 10.2 Å². The molecule has 0 aliphatic heterocycles. The lowest BCUT2D eigenvalue weighted by Crippen LogP contribution is -2.61. The molecule has 4 nitrogen and oxygen atoms in total. The molecule has 4 heteroatoms. The van der Waals surface area contributed by atoms with Crippen molar-refractivity contribution in [3.8, 4) is 0 Å². The van der Waals surface area contributed by atoms with Gasteiger partial charge in [0, 0.05) is 0 Å². The van der Waals surface area contributed by atoms with Gasteiger partial charge in [0.1, 0.15) is 6.23 Å². The SMILES string of the molecule is CNC(C)(C(C)O)C(N)O. The topological polar surface area (TPSA) is 78.5 Å². The van der Waals surface area contributed by atoms with Gasteiger partial charge in [-0.25, -0.2) is 0 Å². The van der Waals surface area contributed by atoms with E-state index < -0.39 is 17.9 Å². The molecular weight excluding hydrogens is 132 g/mol. The highest BCUT2D eigenvalue weighted by atomic mass is 16.3. The summed E-state index contributed by atoms with van der Waals surface area (Å²) in [5.74, 6) is 0. The molecule has 62 valence electrons. The number of rotatable bonds is 3. The van der Waals surface area contributed by atoms with Crippen molar-refractivity contribution >= 4 is 0 Å². The summed E-state index contributed by atoms with van der Waals surface area (Å²) in [6.45, 7) is 3.23. The molecule has 0 aromatic rings. The third-order valence-corrected chi connectivity index (χ3v) is 2.02. The molecule has 0 spiro atoms. The highest BCUT2D eigenvalue weighted by Gasteiger charge is 2.33. The van der Waals surface area contributed by atoms with Crippen LogP contribution in [-0.2, 0) is 0 Å². The van der Waals surface area contributed by atoms with Gasteiger partial charge in [0.15, 0.2) is 0 Å². The van der Waals surface area contributed by atoms with Crippen LogP contribution in [0, 0.1) is 0 Å². The largest absolute Gasteiger partial charge is 0.391 e. The van der Waals surface area contributed by atoms with Crippen LogP contribution >= 0.6 is 0 Å². The molecule has 0 saturated heterocycles. The van der Waals surface area contributed by atoms with Gasteiger partial charge in [-0.1, -0.05) is 0 Å². The summed E-state index contributed by atoms with van der Waals surface area (Å²) in [6, 6.07) is 0. The number of aliphatic hydroxyl groups is 2. The van der Waals surface area contributed by atoms with E-state index in [-0.39, 0.29) is 0 Å². The van der Waals surface area contributed by atoms with Crippen LogP contribution in [0.15, 0.2) is 0 Å². The molecule has 0 fully saturated rings. The van der Waals surface area contributed by atoms with Crippen molar-refractivity contribution in [1.82, 2.24) is 5.32 Å². The zero-order chi connectivity index (χ0) is 8.36. The minimum atomic E-state index is -1.06. The number of nitrogens with two attached hydrogens (primary N) is 1.